The maximum atomic E-state index is 12.3. The molecule has 8 heteroatoms. The van der Waals surface area contributed by atoms with Gasteiger partial charge in [0.05, 0.1) is 6.04 Å². The molecule has 2 rings (SSSR count). The van der Waals surface area contributed by atoms with E-state index in [0.717, 1.165) is 16.9 Å². The minimum Gasteiger partial charge on any atom is -0.461 e. The van der Waals surface area contributed by atoms with Crippen molar-refractivity contribution in [3.63, 3.8) is 0 Å². The number of ether oxygens (including phenoxy) is 1. The largest absolute Gasteiger partial charge is 0.461 e. The highest BCUT2D eigenvalue weighted by atomic mass is 32.2. The van der Waals surface area contributed by atoms with E-state index in [9.17, 15) is 14.4 Å². The third-order valence-electron chi connectivity index (χ3n) is 4.29. The van der Waals surface area contributed by atoms with Gasteiger partial charge in [-0.1, -0.05) is 60.7 Å². The molecule has 0 aromatic heterocycles. The fraction of sp³-hybridized carbons (Fsp3) is 0.318. The van der Waals surface area contributed by atoms with Gasteiger partial charge in [-0.05, 0) is 17.5 Å². The molecule has 160 valence electrons. The summed E-state index contributed by atoms with van der Waals surface area (Å²) in [5, 5.41) is 2.53. The number of carbonyl (C=O) groups excluding carboxylic acids is 3. The summed E-state index contributed by atoms with van der Waals surface area (Å²) in [7, 11) is 0. The maximum absolute atomic E-state index is 12.3. The zero-order valence-corrected chi connectivity index (χ0v) is 17.5. The maximum Gasteiger partial charge on any atom is 0.306 e. The average Bonchev–Trinajstić information content (AvgIpc) is 2.76. The van der Waals surface area contributed by atoms with E-state index in [1.54, 1.807) is 0 Å². The number of primary amides is 1. The normalized spacial score (nSPS) is 12.6. The quantitative estimate of drug-likeness (QED) is 0.442. The Hall–Kier alpha value is -2.84. The smallest absolute Gasteiger partial charge is 0.306 e. The Morgan fingerprint density at radius 3 is 2.17 bits per heavy atom. The summed E-state index contributed by atoms with van der Waals surface area (Å²) in [6.07, 6.45) is 0.0112. The topological polar surface area (TPSA) is 125 Å². The zero-order chi connectivity index (χ0) is 21.8. The van der Waals surface area contributed by atoms with Crippen LogP contribution in [0.4, 0.5) is 0 Å². The Morgan fingerprint density at radius 1 is 0.967 bits per heavy atom. The van der Waals surface area contributed by atoms with Crippen LogP contribution in [0.1, 0.15) is 24.0 Å². The molecule has 7 nitrogen and oxygen atoms in total. The highest BCUT2D eigenvalue weighted by molar-refractivity contribution is 7.98. The van der Waals surface area contributed by atoms with E-state index < -0.39 is 29.9 Å². The van der Waals surface area contributed by atoms with Crippen molar-refractivity contribution in [2.24, 2.45) is 11.5 Å². The van der Waals surface area contributed by atoms with E-state index >= 15 is 0 Å². The molecule has 0 aliphatic carbocycles. The third-order valence-corrected chi connectivity index (χ3v) is 5.42. The van der Waals surface area contributed by atoms with Gasteiger partial charge in [-0.15, -0.1) is 0 Å². The number of benzene rings is 2. The van der Waals surface area contributed by atoms with Gasteiger partial charge in [-0.25, -0.2) is 0 Å². The van der Waals surface area contributed by atoms with Crippen molar-refractivity contribution < 1.29 is 19.1 Å². The number of hydrogen-bond acceptors (Lipinski definition) is 6. The molecule has 30 heavy (non-hydrogen) atoms. The molecule has 0 saturated heterocycles. The molecule has 2 atom stereocenters. The minimum absolute atomic E-state index is 0.0429. The molecule has 0 spiro atoms. The lowest BCUT2D eigenvalue weighted by Crippen LogP contribution is -2.51. The molecule has 2 amide bonds. The molecule has 0 unspecified atom stereocenters. The monoisotopic (exact) mass is 429 g/mol. The lowest BCUT2D eigenvalue weighted by molar-refractivity contribution is -0.145. The first-order chi connectivity index (χ1) is 14.5. The second-order valence-corrected chi connectivity index (χ2v) is 7.79. The van der Waals surface area contributed by atoms with E-state index in [2.05, 4.69) is 5.32 Å². The fourth-order valence-corrected chi connectivity index (χ4v) is 3.54. The van der Waals surface area contributed by atoms with Crippen LogP contribution in [0.2, 0.25) is 0 Å². The van der Waals surface area contributed by atoms with Crippen LogP contribution < -0.4 is 16.8 Å². The van der Waals surface area contributed by atoms with Gasteiger partial charge in [0.25, 0.3) is 0 Å². The predicted molar refractivity (Wildman–Crippen MR) is 117 cm³/mol. The van der Waals surface area contributed by atoms with Gasteiger partial charge < -0.3 is 21.5 Å². The van der Waals surface area contributed by atoms with Crippen molar-refractivity contribution in [2.45, 2.75) is 37.3 Å². The van der Waals surface area contributed by atoms with E-state index in [0.29, 0.717) is 5.75 Å². The number of nitrogens with one attached hydrogen (secondary N) is 1. The molecule has 0 saturated carbocycles. The molecule has 0 aliphatic heterocycles. The Kier molecular flexibility index (Phi) is 9.90. The first-order valence-corrected chi connectivity index (χ1v) is 10.8. The Balaban J connectivity index is 1.71. The lowest BCUT2D eigenvalue weighted by atomic mass is 10.1. The number of carbonyl (C=O) groups is 3. The first kappa shape index (κ1) is 23.4. The van der Waals surface area contributed by atoms with Crippen molar-refractivity contribution in [2.75, 3.05) is 5.75 Å². The summed E-state index contributed by atoms with van der Waals surface area (Å²) in [6.45, 7) is 0.150. The molecule has 0 bridgehead atoms. The highest BCUT2D eigenvalue weighted by Gasteiger charge is 2.23. The van der Waals surface area contributed by atoms with E-state index in [1.807, 2.05) is 60.7 Å². The number of nitrogens with two attached hydrogens (primary N) is 2. The van der Waals surface area contributed by atoms with Crippen LogP contribution in [0, 0.1) is 0 Å². The van der Waals surface area contributed by atoms with Gasteiger partial charge >= 0.3 is 5.97 Å². The van der Waals surface area contributed by atoms with Gasteiger partial charge in [-0.3, -0.25) is 14.4 Å². The Morgan fingerprint density at radius 2 is 1.57 bits per heavy atom. The van der Waals surface area contributed by atoms with Crippen LogP contribution in [-0.4, -0.2) is 35.6 Å². The molecule has 0 fully saturated rings. The number of esters is 1. The number of amides is 2. The van der Waals surface area contributed by atoms with Crippen molar-refractivity contribution in [1.29, 1.82) is 0 Å². The molecular weight excluding hydrogens is 402 g/mol. The summed E-state index contributed by atoms with van der Waals surface area (Å²) < 4.78 is 5.17. The first-order valence-electron chi connectivity index (χ1n) is 9.62. The van der Waals surface area contributed by atoms with Crippen LogP contribution in [0.5, 0.6) is 0 Å². The van der Waals surface area contributed by atoms with Crippen LogP contribution in [-0.2, 0) is 31.5 Å². The van der Waals surface area contributed by atoms with Crippen molar-refractivity contribution in [3.05, 3.63) is 71.8 Å². The van der Waals surface area contributed by atoms with E-state index in [-0.39, 0.29) is 19.4 Å². The summed E-state index contributed by atoms with van der Waals surface area (Å²) in [4.78, 5) is 35.9. The van der Waals surface area contributed by atoms with E-state index in [1.165, 1.54) is 11.8 Å². The third kappa shape index (κ3) is 8.67. The zero-order valence-electron chi connectivity index (χ0n) is 16.7. The van der Waals surface area contributed by atoms with Crippen LogP contribution in [0.15, 0.2) is 60.7 Å². The van der Waals surface area contributed by atoms with Crippen LogP contribution in [0.3, 0.4) is 0 Å². The molecule has 2 aromatic carbocycles. The summed E-state index contributed by atoms with van der Waals surface area (Å²) in [6, 6.07) is 17.3. The minimum atomic E-state index is -0.980. The SMILES string of the molecule is NC(=O)[C@@H](CCC(=O)OCc1ccccc1)NC(=O)[C@@H](N)CSCc1ccccc1. The molecule has 2 aromatic rings. The summed E-state index contributed by atoms with van der Waals surface area (Å²) >= 11 is 1.52. The molecule has 0 radical (unpaired) electrons. The van der Waals surface area contributed by atoms with E-state index in [4.69, 9.17) is 16.2 Å². The summed E-state index contributed by atoms with van der Waals surface area (Å²) in [5.74, 6) is -0.540. The van der Waals surface area contributed by atoms with Gasteiger partial charge in [0.1, 0.15) is 12.6 Å². The van der Waals surface area contributed by atoms with Crippen molar-refractivity contribution in [1.82, 2.24) is 5.32 Å². The van der Waals surface area contributed by atoms with Gasteiger partial charge in [0.2, 0.25) is 11.8 Å². The van der Waals surface area contributed by atoms with Crippen LogP contribution >= 0.6 is 11.8 Å². The molecule has 0 heterocycles. The molecule has 5 N–H and O–H groups in total. The average molecular weight is 430 g/mol. The Labute approximate surface area is 180 Å². The standard InChI is InChI=1S/C22H27N3O4S/c23-18(15-30-14-17-9-5-2-6-10-17)22(28)25-19(21(24)27)11-12-20(26)29-13-16-7-3-1-4-8-16/h1-10,18-19H,11-15,23H2,(H2,24,27)(H,25,28)/t18-,19+/m0/s1. The highest BCUT2D eigenvalue weighted by Crippen LogP contribution is 2.12. The fourth-order valence-electron chi connectivity index (χ4n) is 2.59. The van der Waals surface area contributed by atoms with Crippen molar-refractivity contribution >= 4 is 29.5 Å². The summed E-state index contributed by atoms with van der Waals surface area (Å²) in [5.41, 5.74) is 13.3. The van der Waals surface area contributed by atoms with Crippen molar-refractivity contribution in [3.8, 4) is 0 Å². The second kappa shape index (κ2) is 12.7. The second-order valence-electron chi connectivity index (χ2n) is 6.76. The van der Waals surface area contributed by atoms with Crippen LogP contribution in [0.25, 0.3) is 0 Å². The number of rotatable bonds is 12. The predicted octanol–water partition coefficient (Wildman–Crippen LogP) is 1.74. The number of thioether (sulfide) groups is 1. The molecule has 0 aliphatic rings. The number of hydrogen-bond donors (Lipinski definition) is 3. The Bertz CT molecular complexity index is 818. The van der Waals surface area contributed by atoms with Gasteiger partial charge in [-0.2, -0.15) is 11.8 Å². The molecular formula is C22H27N3O4S. The lowest BCUT2D eigenvalue weighted by Gasteiger charge is -2.18. The van der Waals surface area contributed by atoms with Gasteiger partial charge in [0, 0.05) is 17.9 Å². The van der Waals surface area contributed by atoms with Gasteiger partial charge in [0.15, 0.2) is 0 Å².